The van der Waals surface area contributed by atoms with Gasteiger partial charge in [-0.1, -0.05) is 0 Å². The van der Waals surface area contributed by atoms with Crippen LogP contribution in [0.15, 0.2) is 24.3 Å². The molecule has 0 fully saturated rings. The van der Waals surface area contributed by atoms with Crippen LogP contribution in [-0.2, 0) is 5.60 Å². The van der Waals surface area contributed by atoms with E-state index in [0.29, 0.717) is 0 Å². The number of thiophene rings is 1. The Morgan fingerprint density at radius 1 is 1.11 bits per heavy atom. The van der Waals surface area contributed by atoms with Gasteiger partial charge in [-0.2, -0.15) is 0 Å². The van der Waals surface area contributed by atoms with Crippen molar-refractivity contribution in [3.63, 3.8) is 0 Å². The summed E-state index contributed by atoms with van der Waals surface area (Å²) in [7, 11) is 1.67. The summed E-state index contributed by atoms with van der Waals surface area (Å²) in [5, 5.41) is 10.9. The largest absolute Gasteiger partial charge is 0.496 e. The van der Waals surface area contributed by atoms with Crippen molar-refractivity contribution in [2.75, 3.05) is 7.11 Å². The number of methoxy groups -OCH3 is 1. The van der Waals surface area contributed by atoms with Crippen LogP contribution in [0, 0.1) is 20.8 Å². The Kier molecular flexibility index (Phi) is 3.70. The van der Waals surface area contributed by atoms with Gasteiger partial charge in [-0.15, -0.1) is 11.3 Å². The first-order valence-corrected chi connectivity index (χ1v) is 7.13. The van der Waals surface area contributed by atoms with Gasteiger partial charge in [-0.05, 0) is 68.7 Å². The maximum atomic E-state index is 10.9. The Bertz CT molecular complexity index is 597. The van der Waals surface area contributed by atoms with Crippen molar-refractivity contribution in [2.24, 2.45) is 0 Å². The van der Waals surface area contributed by atoms with Crippen LogP contribution in [0.4, 0.5) is 0 Å². The molecule has 0 aliphatic rings. The molecule has 1 atom stereocenters. The molecule has 0 amide bonds. The predicted octanol–water partition coefficient (Wildman–Crippen LogP) is 3.94. The van der Waals surface area contributed by atoms with E-state index in [1.54, 1.807) is 18.4 Å². The molecule has 0 saturated carbocycles. The number of hydrogen-bond acceptors (Lipinski definition) is 3. The zero-order valence-electron chi connectivity index (χ0n) is 12.1. The number of hydrogen-bond donors (Lipinski definition) is 1. The van der Waals surface area contributed by atoms with Gasteiger partial charge >= 0.3 is 0 Å². The zero-order chi connectivity index (χ0) is 14.2. The third-order valence-electron chi connectivity index (χ3n) is 3.49. The molecule has 0 spiro atoms. The van der Waals surface area contributed by atoms with Crippen molar-refractivity contribution < 1.29 is 9.84 Å². The molecule has 1 unspecified atom stereocenters. The van der Waals surface area contributed by atoms with Crippen LogP contribution in [0.25, 0.3) is 0 Å². The number of aryl methyl sites for hydroxylation is 3. The first-order chi connectivity index (χ1) is 8.86. The Morgan fingerprint density at radius 3 is 2.32 bits per heavy atom. The lowest BCUT2D eigenvalue weighted by Crippen LogP contribution is -2.23. The van der Waals surface area contributed by atoms with Gasteiger partial charge in [-0.25, -0.2) is 0 Å². The molecule has 3 heteroatoms. The third kappa shape index (κ3) is 2.53. The van der Waals surface area contributed by atoms with E-state index in [-0.39, 0.29) is 0 Å². The van der Waals surface area contributed by atoms with Crippen LogP contribution >= 0.6 is 11.3 Å². The van der Waals surface area contributed by atoms with Gasteiger partial charge in [0.25, 0.3) is 0 Å². The monoisotopic (exact) mass is 276 g/mol. The summed E-state index contributed by atoms with van der Waals surface area (Å²) < 4.78 is 5.32. The topological polar surface area (TPSA) is 29.5 Å². The molecular formula is C16H20O2S. The van der Waals surface area contributed by atoms with Crippen molar-refractivity contribution >= 4 is 11.3 Å². The molecule has 2 nitrogen and oxygen atoms in total. The minimum absolute atomic E-state index is 0.861. The fourth-order valence-corrected chi connectivity index (χ4v) is 3.29. The number of rotatable bonds is 3. The molecule has 2 aromatic rings. The van der Waals surface area contributed by atoms with Gasteiger partial charge in [-0.3, -0.25) is 0 Å². The lowest BCUT2D eigenvalue weighted by molar-refractivity contribution is 0.105. The smallest absolute Gasteiger partial charge is 0.122 e. The second-order valence-corrected chi connectivity index (χ2v) is 6.41. The van der Waals surface area contributed by atoms with Crippen molar-refractivity contribution in [1.29, 1.82) is 0 Å². The molecule has 0 bridgehead atoms. The average molecular weight is 276 g/mol. The Labute approximate surface area is 118 Å². The van der Waals surface area contributed by atoms with Gasteiger partial charge in [0.1, 0.15) is 11.4 Å². The van der Waals surface area contributed by atoms with Crippen molar-refractivity contribution in [2.45, 2.75) is 33.3 Å². The van der Waals surface area contributed by atoms with E-state index in [1.807, 2.05) is 45.0 Å². The minimum Gasteiger partial charge on any atom is -0.496 e. The van der Waals surface area contributed by atoms with E-state index in [2.05, 4.69) is 6.92 Å². The van der Waals surface area contributed by atoms with E-state index < -0.39 is 5.60 Å². The van der Waals surface area contributed by atoms with Crippen LogP contribution < -0.4 is 4.74 Å². The summed E-state index contributed by atoms with van der Waals surface area (Å²) in [5.41, 5.74) is 2.06. The molecular weight excluding hydrogens is 256 g/mol. The Morgan fingerprint density at radius 2 is 1.79 bits per heavy atom. The van der Waals surface area contributed by atoms with E-state index in [9.17, 15) is 5.11 Å². The molecule has 1 aromatic heterocycles. The highest BCUT2D eigenvalue weighted by Crippen LogP contribution is 2.37. The van der Waals surface area contributed by atoms with Crippen molar-refractivity contribution in [3.8, 4) is 5.75 Å². The molecule has 0 aliphatic carbocycles. The Hall–Kier alpha value is -1.32. The summed E-state index contributed by atoms with van der Waals surface area (Å²) in [6.45, 7) is 7.91. The first kappa shape index (κ1) is 14.1. The van der Waals surface area contributed by atoms with E-state index in [1.165, 1.54) is 4.88 Å². The predicted molar refractivity (Wildman–Crippen MR) is 80.2 cm³/mol. The highest BCUT2D eigenvalue weighted by molar-refractivity contribution is 7.12. The highest BCUT2D eigenvalue weighted by Gasteiger charge is 2.29. The number of benzene rings is 1. The quantitative estimate of drug-likeness (QED) is 0.920. The second kappa shape index (κ2) is 4.99. The maximum Gasteiger partial charge on any atom is 0.122 e. The van der Waals surface area contributed by atoms with Gasteiger partial charge in [0.05, 0.1) is 7.11 Å². The number of ether oxygens (including phenoxy) is 1. The maximum absolute atomic E-state index is 10.9. The lowest BCUT2D eigenvalue weighted by Gasteiger charge is -2.25. The van der Waals surface area contributed by atoms with Crippen LogP contribution in [-0.4, -0.2) is 12.2 Å². The fraction of sp³-hybridized carbons (Fsp3) is 0.375. The van der Waals surface area contributed by atoms with E-state index in [4.69, 9.17) is 4.74 Å². The van der Waals surface area contributed by atoms with Crippen LogP contribution in [0.5, 0.6) is 5.75 Å². The summed E-state index contributed by atoms with van der Waals surface area (Å²) >= 11 is 1.63. The molecule has 19 heavy (non-hydrogen) atoms. The SMILES string of the molecule is COc1cc(C)c(C(C)(O)c2ccc(C)s2)cc1C. The Balaban J connectivity index is 2.54. The number of aliphatic hydroxyl groups is 1. The summed E-state index contributed by atoms with van der Waals surface area (Å²) in [6, 6.07) is 8.04. The average Bonchev–Trinajstić information content (AvgIpc) is 2.79. The molecule has 1 aromatic carbocycles. The highest BCUT2D eigenvalue weighted by atomic mass is 32.1. The zero-order valence-corrected chi connectivity index (χ0v) is 12.9. The summed E-state index contributed by atoms with van der Waals surface area (Å²) in [4.78, 5) is 2.18. The first-order valence-electron chi connectivity index (χ1n) is 6.31. The molecule has 0 aliphatic heterocycles. The standard InChI is InChI=1S/C16H20O2S/c1-10-9-14(18-5)11(2)8-13(10)16(4,17)15-7-6-12(3)19-15/h6-9,17H,1-5H3. The molecule has 102 valence electrons. The van der Waals surface area contributed by atoms with Crippen molar-refractivity contribution in [3.05, 3.63) is 50.7 Å². The summed E-state index contributed by atoms with van der Waals surface area (Å²) in [5.74, 6) is 0.861. The van der Waals surface area contributed by atoms with Gasteiger partial charge < -0.3 is 9.84 Å². The molecule has 0 radical (unpaired) electrons. The molecule has 1 heterocycles. The normalized spacial score (nSPS) is 14.2. The third-order valence-corrected chi connectivity index (χ3v) is 4.70. The lowest BCUT2D eigenvalue weighted by atomic mass is 9.89. The molecule has 2 rings (SSSR count). The van der Waals surface area contributed by atoms with Crippen LogP contribution in [0.2, 0.25) is 0 Å². The van der Waals surface area contributed by atoms with Gasteiger partial charge in [0.15, 0.2) is 0 Å². The van der Waals surface area contributed by atoms with Gasteiger partial charge in [0, 0.05) is 9.75 Å². The van der Waals surface area contributed by atoms with Crippen LogP contribution in [0.3, 0.4) is 0 Å². The minimum atomic E-state index is -0.958. The fourth-order valence-electron chi connectivity index (χ4n) is 2.36. The summed E-state index contributed by atoms with van der Waals surface area (Å²) in [6.07, 6.45) is 0. The van der Waals surface area contributed by atoms with E-state index >= 15 is 0 Å². The molecule has 0 saturated heterocycles. The van der Waals surface area contributed by atoms with Crippen molar-refractivity contribution in [1.82, 2.24) is 0 Å². The second-order valence-electron chi connectivity index (χ2n) is 5.12. The van der Waals surface area contributed by atoms with E-state index in [0.717, 1.165) is 27.3 Å². The van der Waals surface area contributed by atoms with Crippen LogP contribution in [0.1, 0.15) is 33.4 Å². The van der Waals surface area contributed by atoms with Gasteiger partial charge in [0.2, 0.25) is 0 Å². The molecule has 1 N–H and O–H groups in total.